The van der Waals surface area contributed by atoms with Gasteiger partial charge in [0.15, 0.2) is 11.5 Å². The van der Waals surface area contributed by atoms with Gasteiger partial charge in [0.05, 0.1) is 25.3 Å². The molecule has 0 spiro atoms. The van der Waals surface area contributed by atoms with Gasteiger partial charge in [0, 0.05) is 17.5 Å². The fraction of sp³-hybridized carbons (Fsp3) is 0.316. The zero-order valence-corrected chi connectivity index (χ0v) is 15.1. The number of imidazole rings is 1. The highest BCUT2D eigenvalue weighted by molar-refractivity contribution is 6.31. The monoisotopic (exact) mass is 344 g/mol. The van der Waals surface area contributed by atoms with Gasteiger partial charge in [-0.1, -0.05) is 17.7 Å². The summed E-state index contributed by atoms with van der Waals surface area (Å²) in [6.07, 6.45) is 0.713. The first-order chi connectivity index (χ1) is 11.5. The highest BCUT2D eigenvalue weighted by Gasteiger charge is 2.15. The molecular weight excluding hydrogens is 324 g/mol. The van der Waals surface area contributed by atoms with Crippen LogP contribution < -0.4 is 9.47 Å². The Bertz CT molecular complexity index is 871. The van der Waals surface area contributed by atoms with Crippen LogP contribution >= 0.6 is 11.6 Å². The van der Waals surface area contributed by atoms with Gasteiger partial charge in [-0.2, -0.15) is 0 Å². The van der Waals surface area contributed by atoms with E-state index < -0.39 is 0 Å². The number of benzene rings is 2. The predicted molar refractivity (Wildman–Crippen MR) is 97.5 cm³/mol. The van der Waals surface area contributed by atoms with Crippen molar-refractivity contribution in [2.24, 2.45) is 0 Å². The molecule has 0 amide bonds. The van der Waals surface area contributed by atoms with Crippen molar-refractivity contribution in [3.8, 4) is 11.5 Å². The van der Waals surface area contributed by atoms with Crippen LogP contribution in [0.15, 0.2) is 36.4 Å². The van der Waals surface area contributed by atoms with Crippen molar-refractivity contribution in [1.29, 1.82) is 0 Å². The first-order valence-electron chi connectivity index (χ1n) is 7.90. The Labute approximate surface area is 147 Å². The van der Waals surface area contributed by atoms with E-state index in [2.05, 4.69) is 18.4 Å². The Hall–Kier alpha value is -2.20. The molecule has 0 aliphatic heterocycles. The summed E-state index contributed by atoms with van der Waals surface area (Å²) in [6, 6.07) is 12.1. The molecule has 0 aliphatic carbocycles. The molecule has 2 aromatic carbocycles. The fourth-order valence-corrected chi connectivity index (χ4v) is 3.16. The Kier molecular flexibility index (Phi) is 4.67. The molecule has 1 heterocycles. The number of halogens is 1. The second-order valence-electron chi connectivity index (χ2n) is 5.99. The van der Waals surface area contributed by atoms with Crippen LogP contribution in [-0.4, -0.2) is 23.8 Å². The van der Waals surface area contributed by atoms with E-state index >= 15 is 0 Å². The van der Waals surface area contributed by atoms with Crippen LogP contribution in [0.1, 0.15) is 31.3 Å². The third-order valence-electron chi connectivity index (χ3n) is 4.05. The summed E-state index contributed by atoms with van der Waals surface area (Å²) in [6.45, 7) is 4.32. The second-order valence-corrected chi connectivity index (χ2v) is 6.43. The topological polar surface area (TPSA) is 36.3 Å². The van der Waals surface area contributed by atoms with Gasteiger partial charge in [0.1, 0.15) is 5.82 Å². The van der Waals surface area contributed by atoms with Gasteiger partial charge in [0.25, 0.3) is 0 Å². The Morgan fingerprint density at radius 2 is 1.79 bits per heavy atom. The number of methoxy groups -OCH3 is 2. The summed E-state index contributed by atoms with van der Waals surface area (Å²) in [5.74, 6) is 2.46. The SMILES string of the molecule is COc1ccc(Cc2nc3cc(Cl)ccc3n2C(C)C)cc1OC. The summed E-state index contributed by atoms with van der Waals surface area (Å²) < 4.78 is 13.0. The lowest BCUT2D eigenvalue weighted by atomic mass is 10.1. The van der Waals surface area contributed by atoms with E-state index in [9.17, 15) is 0 Å². The minimum absolute atomic E-state index is 0.311. The molecule has 0 atom stereocenters. The van der Waals surface area contributed by atoms with Crippen molar-refractivity contribution >= 4 is 22.6 Å². The van der Waals surface area contributed by atoms with E-state index in [1.807, 2.05) is 36.4 Å². The Balaban J connectivity index is 2.05. The summed E-state index contributed by atoms with van der Waals surface area (Å²) >= 11 is 6.11. The lowest BCUT2D eigenvalue weighted by Gasteiger charge is -2.14. The molecule has 0 fully saturated rings. The van der Waals surface area contributed by atoms with E-state index in [0.717, 1.165) is 33.9 Å². The summed E-state index contributed by atoms with van der Waals surface area (Å²) in [5.41, 5.74) is 3.15. The Morgan fingerprint density at radius 3 is 2.46 bits per heavy atom. The molecule has 0 aliphatic rings. The molecule has 3 aromatic rings. The van der Waals surface area contributed by atoms with Crippen LogP contribution in [0.25, 0.3) is 11.0 Å². The maximum absolute atomic E-state index is 6.11. The third-order valence-corrected chi connectivity index (χ3v) is 4.29. The molecule has 0 unspecified atom stereocenters. The molecule has 0 bridgehead atoms. The van der Waals surface area contributed by atoms with Gasteiger partial charge in [-0.05, 0) is 49.7 Å². The minimum atomic E-state index is 0.311. The molecule has 0 saturated carbocycles. The van der Waals surface area contributed by atoms with Gasteiger partial charge in [-0.15, -0.1) is 0 Å². The standard InChI is InChI=1S/C19H21ClN2O2/c1-12(2)22-16-7-6-14(20)11-15(16)21-19(22)10-13-5-8-17(23-3)18(9-13)24-4/h5-9,11-12H,10H2,1-4H3. The number of ether oxygens (including phenoxy) is 2. The lowest BCUT2D eigenvalue weighted by Crippen LogP contribution is -2.07. The van der Waals surface area contributed by atoms with Crippen LogP contribution in [-0.2, 0) is 6.42 Å². The van der Waals surface area contributed by atoms with Crippen LogP contribution in [0, 0.1) is 0 Å². The van der Waals surface area contributed by atoms with E-state index in [0.29, 0.717) is 17.5 Å². The smallest absolute Gasteiger partial charge is 0.161 e. The third kappa shape index (κ3) is 3.06. The van der Waals surface area contributed by atoms with Crippen LogP contribution in [0.2, 0.25) is 5.02 Å². The van der Waals surface area contributed by atoms with Gasteiger partial charge in [-0.3, -0.25) is 0 Å². The van der Waals surface area contributed by atoms with E-state index in [1.54, 1.807) is 14.2 Å². The second kappa shape index (κ2) is 6.73. The van der Waals surface area contributed by atoms with Crippen molar-refractivity contribution in [3.63, 3.8) is 0 Å². The van der Waals surface area contributed by atoms with Crippen molar-refractivity contribution in [3.05, 3.63) is 52.8 Å². The highest BCUT2D eigenvalue weighted by Crippen LogP contribution is 2.30. The molecule has 4 nitrogen and oxygen atoms in total. The molecule has 126 valence electrons. The fourth-order valence-electron chi connectivity index (χ4n) is 3.00. The van der Waals surface area contributed by atoms with Crippen LogP contribution in [0.3, 0.4) is 0 Å². The quantitative estimate of drug-likeness (QED) is 0.662. The van der Waals surface area contributed by atoms with Gasteiger partial charge >= 0.3 is 0 Å². The van der Waals surface area contributed by atoms with Crippen molar-refractivity contribution in [2.75, 3.05) is 14.2 Å². The molecule has 24 heavy (non-hydrogen) atoms. The zero-order valence-electron chi connectivity index (χ0n) is 14.3. The molecule has 3 rings (SSSR count). The summed E-state index contributed by atoms with van der Waals surface area (Å²) in [5, 5.41) is 0.702. The zero-order chi connectivity index (χ0) is 17.3. The maximum atomic E-state index is 6.11. The number of hydrogen-bond donors (Lipinski definition) is 0. The van der Waals surface area contributed by atoms with Crippen molar-refractivity contribution in [1.82, 2.24) is 9.55 Å². The van der Waals surface area contributed by atoms with Crippen molar-refractivity contribution < 1.29 is 9.47 Å². The first-order valence-corrected chi connectivity index (χ1v) is 8.28. The van der Waals surface area contributed by atoms with Crippen LogP contribution in [0.4, 0.5) is 0 Å². The number of nitrogens with zero attached hydrogens (tertiary/aromatic N) is 2. The van der Waals surface area contributed by atoms with E-state index in [1.165, 1.54) is 0 Å². The summed E-state index contributed by atoms with van der Waals surface area (Å²) in [7, 11) is 3.28. The van der Waals surface area contributed by atoms with E-state index in [-0.39, 0.29) is 0 Å². The number of aromatic nitrogens is 2. The van der Waals surface area contributed by atoms with E-state index in [4.69, 9.17) is 26.1 Å². The number of rotatable bonds is 5. The highest BCUT2D eigenvalue weighted by atomic mass is 35.5. The predicted octanol–water partition coefficient (Wildman–Crippen LogP) is 4.88. The van der Waals surface area contributed by atoms with Gasteiger partial charge in [-0.25, -0.2) is 4.98 Å². The molecule has 0 radical (unpaired) electrons. The average molecular weight is 345 g/mol. The molecule has 0 saturated heterocycles. The normalized spacial score (nSPS) is 11.2. The molecule has 0 N–H and O–H groups in total. The van der Waals surface area contributed by atoms with Gasteiger partial charge in [0.2, 0.25) is 0 Å². The van der Waals surface area contributed by atoms with Crippen LogP contribution in [0.5, 0.6) is 11.5 Å². The maximum Gasteiger partial charge on any atom is 0.161 e. The molecular formula is C19H21ClN2O2. The number of hydrogen-bond acceptors (Lipinski definition) is 3. The molecule has 1 aromatic heterocycles. The first kappa shape index (κ1) is 16.7. The Morgan fingerprint density at radius 1 is 1.04 bits per heavy atom. The largest absolute Gasteiger partial charge is 0.493 e. The minimum Gasteiger partial charge on any atom is -0.493 e. The average Bonchev–Trinajstić information content (AvgIpc) is 2.91. The molecule has 5 heteroatoms. The lowest BCUT2D eigenvalue weighted by molar-refractivity contribution is 0.354. The van der Waals surface area contributed by atoms with Crippen molar-refractivity contribution in [2.45, 2.75) is 26.3 Å². The summed E-state index contributed by atoms with van der Waals surface area (Å²) in [4.78, 5) is 4.79. The number of fused-ring (bicyclic) bond motifs is 1. The van der Waals surface area contributed by atoms with Gasteiger partial charge < -0.3 is 14.0 Å².